The van der Waals surface area contributed by atoms with Gasteiger partial charge in [0, 0.05) is 15.6 Å². The molecule has 112 valence electrons. The molecular formula is C13H8BCl2F4O-. The molecule has 0 aliphatic rings. The van der Waals surface area contributed by atoms with E-state index >= 15 is 0 Å². The third-order valence-corrected chi connectivity index (χ3v) is 3.48. The Bertz CT molecular complexity index is 641. The molecule has 0 N–H and O–H groups in total. The third kappa shape index (κ3) is 3.83. The number of benzene rings is 2. The van der Waals surface area contributed by atoms with Crippen molar-refractivity contribution in [2.75, 3.05) is 0 Å². The maximum absolute atomic E-state index is 13.5. The van der Waals surface area contributed by atoms with Gasteiger partial charge in [-0.3, -0.25) is 0 Å². The Morgan fingerprint density at radius 2 is 1.62 bits per heavy atom. The minimum absolute atomic E-state index is 0.232. The van der Waals surface area contributed by atoms with Crippen LogP contribution in [-0.4, -0.2) is 6.98 Å². The van der Waals surface area contributed by atoms with Gasteiger partial charge >= 0.3 is 6.98 Å². The lowest BCUT2D eigenvalue weighted by atomic mass is 9.80. The Kier molecular flexibility index (Phi) is 4.69. The van der Waals surface area contributed by atoms with Crippen molar-refractivity contribution in [1.29, 1.82) is 0 Å². The minimum Gasteiger partial charge on any atom is -0.486 e. The quantitative estimate of drug-likeness (QED) is 0.577. The Morgan fingerprint density at radius 3 is 2.19 bits per heavy atom. The van der Waals surface area contributed by atoms with E-state index in [4.69, 9.17) is 27.9 Å². The van der Waals surface area contributed by atoms with Crippen LogP contribution in [0.5, 0.6) is 5.75 Å². The predicted octanol–water partition coefficient (Wildman–Crippen LogP) is 4.77. The maximum Gasteiger partial charge on any atom is 0.509 e. The molecule has 0 fully saturated rings. The Labute approximate surface area is 128 Å². The van der Waals surface area contributed by atoms with Gasteiger partial charge in [-0.15, -0.1) is 5.46 Å². The Hall–Kier alpha value is -1.40. The molecule has 8 heteroatoms. The molecule has 0 spiro atoms. The smallest absolute Gasteiger partial charge is 0.486 e. The average molecular weight is 338 g/mol. The SMILES string of the molecule is Fc1ccc([B-](F)(F)F)cc1OCc1c(Cl)cccc1Cl. The Balaban J connectivity index is 2.24. The molecule has 0 bridgehead atoms. The van der Waals surface area contributed by atoms with Gasteiger partial charge in [0.1, 0.15) is 6.61 Å². The molecule has 2 rings (SSSR count). The van der Waals surface area contributed by atoms with Crippen LogP contribution in [0.25, 0.3) is 0 Å². The summed E-state index contributed by atoms with van der Waals surface area (Å²) in [7, 11) is 0. The summed E-state index contributed by atoms with van der Waals surface area (Å²) >= 11 is 11.8. The number of halogens is 6. The fourth-order valence-electron chi connectivity index (χ4n) is 1.65. The zero-order valence-electron chi connectivity index (χ0n) is 10.4. The zero-order valence-corrected chi connectivity index (χ0v) is 11.9. The summed E-state index contributed by atoms with van der Waals surface area (Å²) < 4.78 is 56.5. The second-order valence-corrected chi connectivity index (χ2v) is 5.07. The molecule has 0 saturated heterocycles. The summed E-state index contributed by atoms with van der Waals surface area (Å²) in [5.74, 6) is -1.38. The highest BCUT2D eigenvalue weighted by Crippen LogP contribution is 2.26. The van der Waals surface area contributed by atoms with E-state index in [1.807, 2.05) is 0 Å². The maximum atomic E-state index is 13.5. The van der Waals surface area contributed by atoms with Crippen molar-refractivity contribution < 1.29 is 22.1 Å². The summed E-state index contributed by atoms with van der Waals surface area (Å²) in [6.07, 6.45) is 0. The highest BCUT2D eigenvalue weighted by atomic mass is 35.5. The van der Waals surface area contributed by atoms with E-state index in [9.17, 15) is 17.3 Å². The molecule has 0 radical (unpaired) electrons. The molecule has 0 aliphatic heterocycles. The lowest BCUT2D eigenvalue weighted by Gasteiger charge is -2.17. The first-order valence-corrected chi connectivity index (χ1v) is 6.59. The van der Waals surface area contributed by atoms with Crippen LogP contribution < -0.4 is 10.2 Å². The van der Waals surface area contributed by atoms with Gasteiger partial charge < -0.3 is 17.7 Å². The molecule has 0 unspecified atom stereocenters. The van der Waals surface area contributed by atoms with E-state index < -0.39 is 24.0 Å². The van der Waals surface area contributed by atoms with Gasteiger partial charge in [-0.05, 0) is 24.3 Å². The molecule has 0 saturated carbocycles. The van der Waals surface area contributed by atoms with Crippen LogP contribution in [0.3, 0.4) is 0 Å². The fourth-order valence-corrected chi connectivity index (χ4v) is 2.16. The van der Waals surface area contributed by atoms with Crippen molar-refractivity contribution in [1.82, 2.24) is 0 Å². The minimum atomic E-state index is -5.22. The van der Waals surface area contributed by atoms with Gasteiger partial charge in [0.25, 0.3) is 0 Å². The molecule has 0 amide bonds. The molecule has 2 aromatic carbocycles. The van der Waals surface area contributed by atoms with Gasteiger partial charge in [0.05, 0.1) is 0 Å². The van der Waals surface area contributed by atoms with Gasteiger partial charge in [-0.2, -0.15) is 0 Å². The summed E-state index contributed by atoms with van der Waals surface area (Å²) in [5.41, 5.74) is -0.556. The molecule has 0 atom stereocenters. The van der Waals surface area contributed by atoms with E-state index in [1.165, 1.54) is 0 Å². The second-order valence-electron chi connectivity index (χ2n) is 4.25. The van der Waals surface area contributed by atoms with Crippen molar-refractivity contribution in [3.63, 3.8) is 0 Å². The summed E-state index contributed by atoms with van der Waals surface area (Å²) in [4.78, 5) is 0. The van der Waals surface area contributed by atoms with E-state index in [0.717, 1.165) is 0 Å². The first kappa shape index (κ1) is 16.0. The highest BCUT2D eigenvalue weighted by molar-refractivity contribution is 6.73. The van der Waals surface area contributed by atoms with Crippen LogP contribution in [0.4, 0.5) is 17.3 Å². The molecule has 0 aliphatic carbocycles. The standard InChI is InChI=1S/C13H8BCl2F4O/c15-10-2-1-3-11(16)9(10)7-21-13-6-8(14(18,19)20)4-5-12(13)17/h1-6H,7H2/q-1. The second kappa shape index (κ2) is 6.16. The topological polar surface area (TPSA) is 9.23 Å². The summed E-state index contributed by atoms with van der Waals surface area (Å²) in [5, 5.41) is 0.582. The molecular weight excluding hydrogens is 330 g/mol. The van der Waals surface area contributed by atoms with Crippen LogP contribution in [-0.2, 0) is 6.61 Å². The van der Waals surface area contributed by atoms with E-state index in [0.29, 0.717) is 33.8 Å². The van der Waals surface area contributed by atoms with Gasteiger partial charge in [0.2, 0.25) is 0 Å². The first-order chi connectivity index (χ1) is 9.79. The number of hydrogen-bond acceptors (Lipinski definition) is 1. The third-order valence-electron chi connectivity index (χ3n) is 2.77. The number of ether oxygens (including phenoxy) is 1. The van der Waals surface area contributed by atoms with Gasteiger partial charge in [-0.25, -0.2) is 4.39 Å². The summed E-state index contributed by atoms with van der Waals surface area (Å²) in [6, 6.07) is 6.73. The first-order valence-electron chi connectivity index (χ1n) is 5.84. The lowest BCUT2D eigenvalue weighted by molar-refractivity contribution is 0.290. The van der Waals surface area contributed by atoms with Gasteiger partial charge in [0.15, 0.2) is 11.6 Å². The van der Waals surface area contributed by atoms with Gasteiger partial charge in [-0.1, -0.05) is 35.3 Å². The Morgan fingerprint density at radius 1 is 1.00 bits per heavy atom. The van der Waals surface area contributed by atoms with E-state index in [2.05, 4.69) is 0 Å². The largest absolute Gasteiger partial charge is 0.509 e. The van der Waals surface area contributed by atoms with Crippen molar-refractivity contribution in [2.45, 2.75) is 6.61 Å². The number of rotatable bonds is 4. The average Bonchev–Trinajstić information content (AvgIpc) is 2.38. The van der Waals surface area contributed by atoms with Crippen molar-refractivity contribution in [2.24, 2.45) is 0 Å². The normalized spacial score (nSPS) is 11.5. The van der Waals surface area contributed by atoms with Crippen LogP contribution in [0.2, 0.25) is 10.0 Å². The summed E-state index contributed by atoms with van der Waals surface area (Å²) in [6.45, 7) is -5.46. The molecule has 1 nitrogen and oxygen atoms in total. The molecule has 0 heterocycles. The van der Waals surface area contributed by atoms with Crippen molar-refractivity contribution in [3.05, 3.63) is 57.8 Å². The zero-order chi connectivity index (χ0) is 15.6. The monoisotopic (exact) mass is 337 g/mol. The predicted molar refractivity (Wildman–Crippen MR) is 75.9 cm³/mol. The fraction of sp³-hybridized carbons (Fsp3) is 0.0769. The van der Waals surface area contributed by atoms with E-state index in [1.54, 1.807) is 18.2 Å². The lowest BCUT2D eigenvalue weighted by Crippen LogP contribution is -2.34. The van der Waals surface area contributed by atoms with Crippen molar-refractivity contribution in [3.8, 4) is 5.75 Å². The van der Waals surface area contributed by atoms with Crippen LogP contribution in [0, 0.1) is 5.82 Å². The number of hydrogen-bond donors (Lipinski definition) is 0. The van der Waals surface area contributed by atoms with Crippen LogP contribution >= 0.6 is 23.2 Å². The van der Waals surface area contributed by atoms with Crippen LogP contribution in [0.1, 0.15) is 5.56 Å². The van der Waals surface area contributed by atoms with Crippen molar-refractivity contribution >= 4 is 35.6 Å². The molecule has 0 aromatic heterocycles. The van der Waals surface area contributed by atoms with Crippen LogP contribution in [0.15, 0.2) is 36.4 Å². The highest BCUT2D eigenvalue weighted by Gasteiger charge is 2.26. The van der Waals surface area contributed by atoms with E-state index in [-0.39, 0.29) is 6.61 Å². The molecule has 21 heavy (non-hydrogen) atoms. The molecule has 2 aromatic rings.